The van der Waals surface area contributed by atoms with Crippen molar-refractivity contribution in [1.29, 1.82) is 0 Å². The Kier molecular flexibility index (Phi) is 24.3. The molecule has 0 bridgehead atoms. The van der Waals surface area contributed by atoms with Gasteiger partial charge in [-0.2, -0.15) is 0 Å². The van der Waals surface area contributed by atoms with Gasteiger partial charge in [-0.3, -0.25) is 8.92 Å². The zero-order chi connectivity index (χ0) is 6.12. The molecule has 0 aliphatic carbocycles. The summed E-state index contributed by atoms with van der Waals surface area (Å²) in [6.07, 6.45) is 0. The smallest absolute Gasteiger partial charge is 0.394 e. The molecular weight excluding hydrogens is 116 g/mol. The third kappa shape index (κ3) is 148. The molecule has 0 unspecified atom stereocenters. The van der Waals surface area contributed by atoms with Crippen molar-refractivity contribution in [2.24, 2.45) is 0 Å². The topological polar surface area (TPSA) is 74.6 Å². The first-order chi connectivity index (χ1) is 3.33. The van der Waals surface area contributed by atoms with Crippen LogP contribution < -0.4 is 0 Å². The Labute approximate surface area is 42.7 Å². The first kappa shape index (κ1) is 9.88. The lowest BCUT2D eigenvalue weighted by Gasteiger charge is -1.70. The van der Waals surface area contributed by atoms with E-state index in [9.17, 15) is 0 Å². The summed E-state index contributed by atoms with van der Waals surface area (Å²) in [7, 11) is -1.42. The lowest BCUT2D eigenvalue weighted by Crippen LogP contribution is -1.85. The Morgan fingerprint density at radius 2 is 1.29 bits per heavy atom. The third-order valence-corrected chi connectivity index (χ3v) is 0.1000. The second-order valence-corrected chi connectivity index (χ2v) is 0.697. The molecule has 0 spiro atoms. The number of hydrogen-bond acceptors (Lipinski definition) is 4. The first-order valence-corrected chi connectivity index (χ1v) is 2.36. The molecule has 0 aliphatic rings. The third-order valence-electron chi connectivity index (χ3n) is 0.1000. The quantitative estimate of drug-likeness (QED) is 0.409. The van der Waals surface area contributed by atoms with Gasteiger partial charge in [0.2, 0.25) is 0 Å². The van der Waals surface area contributed by atoms with Gasteiger partial charge >= 0.3 is 9.29 Å². The summed E-state index contributed by atoms with van der Waals surface area (Å²) >= 11 is 0. The highest BCUT2D eigenvalue weighted by molar-refractivity contribution is 5.94. The molecule has 0 aromatic carbocycles. The van der Waals surface area contributed by atoms with E-state index in [1.165, 1.54) is 0 Å². The van der Waals surface area contributed by atoms with Gasteiger partial charge in [0.15, 0.2) is 0 Å². The van der Waals surface area contributed by atoms with E-state index in [0.29, 0.717) is 0 Å². The fraction of sp³-hybridized carbons (Fsp3) is 1.00. The molecule has 42 valence electrons. The number of hydrogen-bond donors (Lipinski definition) is 2. The minimum Gasteiger partial charge on any atom is -0.394 e. The molecule has 0 radical (unpaired) electrons. The van der Waals surface area contributed by atoms with Crippen molar-refractivity contribution < 1.29 is 19.1 Å². The minimum absolute atomic E-state index is 0.125. The molecule has 0 rings (SSSR count). The van der Waals surface area contributed by atoms with Crippen molar-refractivity contribution in [1.82, 2.24) is 0 Å². The van der Waals surface area contributed by atoms with Crippen LogP contribution in [0, 0.1) is 0 Å². The lowest BCUT2D eigenvalue weighted by atomic mass is 10.8. The second kappa shape index (κ2) is 17.2. The highest BCUT2D eigenvalue weighted by Crippen LogP contribution is 1.39. The van der Waals surface area contributed by atoms with E-state index in [-0.39, 0.29) is 13.2 Å². The summed E-state index contributed by atoms with van der Waals surface area (Å²) in [5, 5.41) is 15.2. The molecule has 0 heterocycles. The number of aliphatic hydroxyl groups excluding tert-OH is 2. The summed E-state index contributed by atoms with van der Waals surface area (Å²) in [4.78, 5) is 0. The lowest BCUT2D eigenvalue weighted by molar-refractivity contribution is 0.186. The zero-order valence-corrected chi connectivity index (χ0v) is 4.63. The van der Waals surface area contributed by atoms with Gasteiger partial charge in [0.1, 0.15) is 0 Å². The van der Waals surface area contributed by atoms with E-state index in [2.05, 4.69) is 0 Å². The maximum Gasteiger partial charge on any atom is 0.549 e. The average Bonchev–Trinajstić information content (AvgIpc) is 1.69. The Balaban J connectivity index is 0. The highest BCUT2D eigenvalue weighted by Gasteiger charge is 1.58. The Hall–Kier alpha value is -0.263. The minimum atomic E-state index is -1.42. The van der Waals surface area contributed by atoms with E-state index >= 15 is 0 Å². The molecule has 0 saturated carbocycles. The van der Waals surface area contributed by atoms with Gasteiger partial charge in [-0.15, -0.1) is 0 Å². The maximum atomic E-state index is 8.40. The van der Waals surface area contributed by atoms with Crippen LogP contribution in [0.25, 0.3) is 0 Å². The predicted molar refractivity (Wildman–Crippen MR) is 21.3 cm³/mol. The molecule has 0 aliphatic heterocycles. The monoisotopic (exact) mass is 122 g/mol. The van der Waals surface area contributed by atoms with Crippen LogP contribution in [0.3, 0.4) is 0 Å². The molecule has 0 aromatic rings. The van der Waals surface area contributed by atoms with Gasteiger partial charge in [0.25, 0.3) is 0 Å². The standard InChI is InChI=1S/C2H6O2.O2Si/c3-1-2-4;1-3-2/h3-4H,1-2H2;. The molecule has 0 saturated heterocycles. The SMILES string of the molecule is O=[Si]=O.OCCO. The van der Waals surface area contributed by atoms with Crippen LogP contribution in [0.1, 0.15) is 0 Å². The van der Waals surface area contributed by atoms with Crippen LogP contribution in [0.2, 0.25) is 0 Å². The maximum absolute atomic E-state index is 8.40. The van der Waals surface area contributed by atoms with Gasteiger partial charge in [-0.05, 0) is 0 Å². The van der Waals surface area contributed by atoms with Gasteiger partial charge in [-0.1, -0.05) is 0 Å². The molecule has 0 aromatic heterocycles. The van der Waals surface area contributed by atoms with Crippen molar-refractivity contribution in [2.45, 2.75) is 0 Å². The molecule has 2 N–H and O–H groups in total. The van der Waals surface area contributed by atoms with Crippen LogP contribution in [-0.4, -0.2) is 32.7 Å². The van der Waals surface area contributed by atoms with E-state index in [1.54, 1.807) is 0 Å². The molecule has 0 amide bonds. The van der Waals surface area contributed by atoms with Gasteiger partial charge < -0.3 is 10.2 Å². The molecule has 7 heavy (non-hydrogen) atoms. The van der Waals surface area contributed by atoms with Crippen LogP contribution in [0.5, 0.6) is 0 Å². The summed E-state index contributed by atoms with van der Waals surface area (Å²) in [6, 6.07) is 0. The average molecular weight is 122 g/mol. The summed E-state index contributed by atoms with van der Waals surface area (Å²) in [5.74, 6) is 0. The molecule has 5 heteroatoms. The Bertz CT molecular complexity index is 45.7. The molecular formula is C2H6O4Si. The largest absolute Gasteiger partial charge is 0.549 e. The van der Waals surface area contributed by atoms with E-state index < -0.39 is 9.29 Å². The van der Waals surface area contributed by atoms with Crippen molar-refractivity contribution in [3.05, 3.63) is 0 Å². The van der Waals surface area contributed by atoms with Crippen LogP contribution in [-0.2, 0) is 8.92 Å². The molecule has 4 nitrogen and oxygen atoms in total. The van der Waals surface area contributed by atoms with E-state index in [0.717, 1.165) is 0 Å². The Morgan fingerprint density at radius 3 is 1.29 bits per heavy atom. The van der Waals surface area contributed by atoms with Gasteiger partial charge in [0.05, 0.1) is 13.2 Å². The van der Waals surface area contributed by atoms with E-state index in [4.69, 9.17) is 19.1 Å². The number of aliphatic hydroxyl groups is 2. The summed E-state index contributed by atoms with van der Waals surface area (Å²) in [5.41, 5.74) is 0. The van der Waals surface area contributed by atoms with Crippen molar-refractivity contribution in [2.75, 3.05) is 13.2 Å². The van der Waals surface area contributed by atoms with Crippen molar-refractivity contribution in [3.8, 4) is 0 Å². The molecule has 0 fully saturated rings. The van der Waals surface area contributed by atoms with E-state index in [1.807, 2.05) is 0 Å². The summed E-state index contributed by atoms with van der Waals surface area (Å²) in [6.45, 7) is -0.250. The van der Waals surface area contributed by atoms with Crippen molar-refractivity contribution in [3.63, 3.8) is 0 Å². The van der Waals surface area contributed by atoms with Crippen LogP contribution >= 0.6 is 0 Å². The van der Waals surface area contributed by atoms with Crippen LogP contribution in [0.15, 0.2) is 0 Å². The van der Waals surface area contributed by atoms with Crippen molar-refractivity contribution >= 4 is 9.29 Å². The normalized spacial score (nSPS) is 5.43. The highest BCUT2D eigenvalue weighted by atomic mass is 28.2. The zero-order valence-electron chi connectivity index (χ0n) is 3.63. The Morgan fingerprint density at radius 1 is 1.14 bits per heavy atom. The fourth-order valence-corrected chi connectivity index (χ4v) is 0. The molecule has 0 atom stereocenters. The summed E-state index contributed by atoms with van der Waals surface area (Å²) < 4.78 is 16.8. The fourth-order valence-electron chi connectivity index (χ4n) is 0. The predicted octanol–water partition coefficient (Wildman–Crippen LogP) is -1.65. The van der Waals surface area contributed by atoms with Crippen LogP contribution in [0.4, 0.5) is 0 Å². The first-order valence-electron chi connectivity index (χ1n) is 1.54. The number of rotatable bonds is 1. The van der Waals surface area contributed by atoms with Gasteiger partial charge in [0, 0.05) is 0 Å². The second-order valence-electron chi connectivity index (χ2n) is 0.531. The van der Waals surface area contributed by atoms with Gasteiger partial charge in [-0.25, -0.2) is 0 Å².